The molecule has 24 heavy (non-hydrogen) atoms. The summed E-state index contributed by atoms with van der Waals surface area (Å²) in [4.78, 5) is 35.9. The summed E-state index contributed by atoms with van der Waals surface area (Å²) in [6.07, 6.45) is 0.910. The lowest BCUT2D eigenvalue weighted by molar-refractivity contribution is -0.384. The minimum atomic E-state index is -1.07. The largest absolute Gasteiger partial charge is 0.477 e. The number of hydrogen-bond donors (Lipinski definition) is 1. The van der Waals surface area contributed by atoms with Crippen molar-refractivity contribution in [3.8, 4) is 0 Å². The Morgan fingerprint density at radius 1 is 1.42 bits per heavy atom. The number of hydrogen-bond acceptors (Lipinski definition) is 5. The van der Waals surface area contributed by atoms with Crippen molar-refractivity contribution in [1.29, 1.82) is 0 Å². The first-order valence-corrected chi connectivity index (χ1v) is 8.58. The van der Waals surface area contributed by atoms with E-state index in [2.05, 4.69) is 0 Å². The van der Waals surface area contributed by atoms with Gasteiger partial charge in [-0.25, -0.2) is 4.79 Å². The first-order valence-electron chi connectivity index (χ1n) is 7.59. The Morgan fingerprint density at radius 3 is 2.58 bits per heavy atom. The molecule has 2 aliphatic heterocycles. The number of nitrogens with zero attached hydrogens (tertiary/aromatic N) is 2. The maximum Gasteiger partial charge on any atom is 0.353 e. The van der Waals surface area contributed by atoms with E-state index >= 15 is 0 Å². The van der Waals surface area contributed by atoms with Gasteiger partial charge in [0.2, 0.25) is 5.91 Å². The van der Waals surface area contributed by atoms with Crippen molar-refractivity contribution in [1.82, 2.24) is 4.90 Å². The topological polar surface area (TPSA) is 101 Å². The predicted molar refractivity (Wildman–Crippen MR) is 88.3 cm³/mol. The quantitative estimate of drug-likeness (QED) is 0.481. The van der Waals surface area contributed by atoms with Crippen LogP contribution in [0.15, 0.2) is 34.9 Å². The fourth-order valence-electron chi connectivity index (χ4n) is 3.30. The van der Waals surface area contributed by atoms with Gasteiger partial charge in [0.1, 0.15) is 5.70 Å². The van der Waals surface area contributed by atoms with Gasteiger partial charge in [-0.05, 0) is 17.7 Å². The van der Waals surface area contributed by atoms with Gasteiger partial charge in [0.25, 0.3) is 5.69 Å². The Hall–Kier alpha value is -2.35. The maximum absolute atomic E-state index is 11.8. The van der Waals surface area contributed by atoms with Crippen molar-refractivity contribution in [2.45, 2.75) is 25.8 Å². The van der Waals surface area contributed by atoms with E-state index < -0.39 is 10.9 Å². The highest BCUT2D eigenvalue weighted by atomic mass is 32.2. The van der Waals surface area contributed by atoms with Crippen LogP contribution in [0.4, 0.5) is 5.69 Å². The zero-order chi connectivity index (χ0) is 17.4. The van der Waals surface area contributed by atoms with Gasteiger partial charge in [0.15, 0.2) is 0 Å². The SMILES string of the molecule is CCSC1=C(C(=O)O)N2C(=O)CC2C1Cc1ccc([N+](=O)[O-])cc1. The number of amides is 1. The highest BCUT2D eigenvalue weighted by Crippen LogP contribution is 2.48. The predicted octanol–water partition coefficient (Wildman–Crippen LogP) is 2.42. The number of β-lactam (4-membered cyclic amide) rings is 1. The number of nitro groups is 1. The summed E-state index contributed by atoms with van der Waals surface area (Å²) in [5, 5.41) is 20.2. The van der Waals surface area contributed by atoms with Crippen molar-refractivity contribution in [3.63, 3.8) is 0 Å². The zero-order valence-electron chi connectivity index (χ0n) is 13.0. The van der Waals surface area contributed by atoms with Gasteiger partial charge in [-0.15, -0.1) is 11.8 Å². The summed E-state index contributed by atoms with van der Waals surface area (Å²) in [5.74, 6) is -0.578. The van der Waals surface area contributed by atoms with Crippen molar-refractivity contribution in [3.05, 3.63) is 50.5 Å². The number of aliphatic carboxylic acids is 1. The molecular weight excluding hydrogens is 332 g/mol. The highest BCUT2D eigenvalue weighted by Gasteiger charge is 2.53. The van der Waals surface area contributed by atoms with E-state index in [1.807, 2.05) is 6.92 Å². The van der Waals surface area contributed by atoms with Gasteiger partial charge < -0.3 is 10.0 Å². The minimum Gasteiger partial charge on any atom is -0.477 e. The number of carbonyl (C=O) groups excluding carboxylic acids is 1. The smallest absolute Gasteiger partial charge is 0.353 e. The number of nitro benzene ring substituents is 1. The van der Waals surface area contributed by atoms with E-state index in [0.717, 1.165) is 16.2 Å². The number of fused-ring (bicyclic) bond motifs is 1. The van der Waals surface area contributed by atoms with E-state index in [1.165, 1.54) is 28.8 Å². The average molecular weight is 348 g/mol. The fourth-order valence-corrected chi connectivity index (χ4v) is 4.39. The molecule has 0 aliphatic carbocycles. The van der Waals surface area contributed by atoms with Crippen molar-refractivity contribution in [2.75, 3.05) is 5.75 Å². The Balaban J connectivity index is 1.89. The summed E-state index contributed by atoms with van der Waals surface area (Å²) < 4.78 is 0. The molecular formula is C16H16N2O5S. The third-order valence-electron chi connectivity index (χ3n) is 4.36. The van der Waals surface area contributed by atoms with Gasteiger partial charge in [0, 0.05) is 29.4 Å². The molecule has 1 saturated heterocycles. The van der Waals surface area contributed by atoms with Crippen LogP contribution >= 0.6 is 11.8 Å². The molecule has 7 nitrogen and oxygen atoms in total. The third-order valence-corrected chi connectivity index (χ3v) is 5.46. The van der Waals surface area contributed by atoms with Crippen molar-refractivity contribution < 1.29 is 19.6 Å². The first-order chi connectivity index (χ1) is 11.4. The van der Waals surface area contributed by atoms with Gasteiger partial charge in [0.05, 0.1) is 11.0 Å². The molecule has 8 heteroatoms. The van der Waals surface area contributed by atoms with Crippen LogP contribution in [0, 0.1) is 16.0 Å². The standard InChI is InChI=1S/C16H16N2O5S/c1-2-24-15-11(7-9-3-5-10(6-4-9)18(22)23)12-8-13(19)17(12)14(15)16(20)21/h3-6,11-12H,2,7-8H2,1H3,(H,20,21). The van der Waals surface area contributed by atoms with E-state index in [1.54, 1.807) is 12.1 Å². The first kappa shape index (κ1) is 16.5. The molecule has 1 aromatic rings. The molecule has 0 radical (unpaired) electrons. The van der Waals surface area contributed by atoms with Gasteiger partial charge >= 0.3 is 5.97 Å². The molecule has 0 aromatic heterocycles. The van der Waals surface area contributed by atoms with Crippen LogP contribution in [0.5, 0.6) is 0 Å². The van der Waals surface area contributed by atoms with E-state index in [4.69, 9.17) is 0 Å². The van der Waals surface area contributed by atoms with Gasteiger partial charge in [-0.1, -0.05) is 19.1 Å². The second-order valence-corrected chi connectivity index (χ2v) is 7.03. The summed E-state index contributed by atoms with van der Waals surface area (Å²) in [6.45, 7) is 1.94. The van der Waals surface area contributed by atoms with E-state index in [-0.39, 0.29) is 29.3 Å². The van der Waals surface area contributed by atoms with Crippen LogP contribution in [0.1, 0.15) is 18.9 Å². The maximum atomic E-state index is 11.8. The lowest BCUT2D eigenvalue weighted by Crippen LogP contribution is -2.52. The van der Waals surface area contributed by atoms with Crippen LogP contribution in [-0.4, -0.2) is 38.6 Å². The van der Waals surface area contributed by atoms with Crippen LogP contribution in [0.25, 0.3) is 0 Å². The van der Waals surface area contributed by atoms with E-state index in [9.17, 15) is 24.8 Å². The van der Waals surface area contributed by atoms with Gasteiger partial charge in [-0.2, -0.15) is 0 Å². The Bertz CT molecular complexity index is 743. The number of carboxylic acids is 1. The molecule has 0 bridgehead atoms. The fraction of sp³-hybridized carbons (Fsp3) is 0.375. The normalized spacial score (nSPS) is 22.4. The van der Waals surface area contributed by atoms with Gasteiger partial charge in [-0.3, -0.25) is 14.9 Å². The molecule has 2 heterocycles. The summed E-state index contributed by atoms with van der Waals surface area (Å²) >= 11 is 1.46. The monoisotopic (exact) mass is 348 g/mol. The summed E-state index contributed by atoms with van der Waals surface area (Å²) in [5.41, 5.74) is 1.02. The van der Waals surface area contributed by atoms with Crippen LogP contribution < -0.4 is 0 Å². The molecule has 2 unspecified atom stereocenters. The molecule has 1 amide bonds. The highest BCUT2D eigenvalue weighted by molar-refractivity contribution is 8.03. The molecule has 1 N–H and O–H groups in total. The van der Waals surface area contributed by atoms with Crippen molar-refractivity contribution >= 4 is 29.3 Å². The zero-order valence-corrected chi connectivity index (χ0v) is 13.8. The molecule has 3 rings (SSSR count). The number of carbonyl (C=O) groups is 2. The Kier molecular flexibility index (Phi) is 4.31. The summed E-state index contributed by atoms with van der Waals surface area (Å²) in [6, 6.07) is 6.16. The third kappa shape index (κ3) is 2.66. The molecule has 2 aliphatic rings. The lowest BCUT2D eigenvalue weighted by atomic mass is 9.87. The summed E-state index contributed by atoms with van der Waals surface area (Å²) in [7, 11) is 0. The number of thioether (sulfide) groups is 1. The van der Waals surface area contributed by atoms with Crippen LogP contribution in [0.3, 0.4) is 0 Å². The molecule has 1 aromatic carbocycles. The number of benzene rings is 1. The van der Waals surface area contributed by atoms with E-state index in [0.29, 0.717) is 12.8 Å². The molecule has 0 saturated carbocycles. The number of non-ortho nitro benzene ring substituents is 1. The second kappa shape index (κ2) is 6.27. The Morgan fingerprint density at radius 2 is 2.08 bits per heavy atom. The number of rotatable bonds is 6. The molecule has 1 fully saturated rings. The lowest BCUT2D eigenvalue weighted by Gasteiger charge is -2.38. The minimum absolute atomic E-state index is 0.0237. The van der Waals surface area contributed by atoms with Crippen molar-refractivity contribution in [2.24, 2.45) is 5.92 Å². The van der Waals surface area contributed by atoms with Crippen LogP contribution in [-0.2, 0) is 16.0 Å². The molecule has 0 spiro atoms. The molecule has 126 valence electrons. The molecule has 2 atom stereocenters. The average Bonchev–Trinajstić information content (AvgIpc) is 2.77. The Labute approximate surface area is 142 Å². The number of carboxylic acid groups (broad SMARTS) is 1. The second-order valence-electron chi connectivity index (χ2n) is 5.72. The van der Waals surface area contributed by atoms with Crippen LogP contribution in [0.2, 0.25) is 0 Å².